The van der Waals surface area contributed by atoms with E-state index >= 15 is 0 Å². The maximum atomic E-state index is 13.4. The third-order valence-electron chi connectivity index (χ3n) is 5.66. The third kappa shape index (κ3) is 3.74. The van der Waals surface area contributed by atoms with E-state index in [1.54, 1.807) is 6.07 Å². The third-order valence-corrected chi connectivity index (χ3v) is 5.94. The highest BCUT2D eigenvalue weighted by Crippen LogP contribution is 2.36. The Morgan fingerprint density at radius 2 is 1.93 bits per heavy atom. The minimum absolute atomic E-state index is 0.0608. The Bertz CT molecular complexity index is 1070. The van der Waals surface area contributed by atoms with Gasteiger partial charge in [-0.25, -0.2) is 14.4 Å². The second-order valence-electron chi connectivity index (χ2n) is 7.78. The van der Waals surface area contributed by atoms with E-state index < -0.39 is 5.82 Å². The number of hydrogen-bond donors (Lipinski definition) is 1. The van der Waals surface area contributed by atoms with Gasteiger partial charge in [-0.15, -0.1) is 0 Å². The minimum Gasteiger partial charge on any atom is -0.490 e. The van der Waals surface area contributed by atoms with Gasteiger partial charge in [0.05, 0.1) is 22.7 Å². The highest BCUT2D eigenvalue weighted by atomic mass is 35.5. The Hall–Kier alpha value is -2.44. The monoisotopic (exact) mass is 413 g/mol. The molecule has 5 nitrogen and oxygen atoms in total. The van der Waals surface area contributed by atoms with E-state index in [0.717, 1.165) is 47.9 Å². The molecule has 0 spiro atoms. The van der Waals surface area contributed by atoms with Crippen LogP contribution in [0.4, 0.5) is 15.9 Å². The van der Waals surface area contributed by atoms with E-state index in [4.69, 9.17) is 21.1 Å². The van der Waals surface area contributed by atoms with Crippen molar-refractivity contribution in [2.75, 3.05) is 5.32 Å². The van der Waals surface area contributed by atoms with Gasteiger partial charge in [0.15, 0.2) is 0 Å². The number of aryl methyl sites for hydroxylation is 1. The number of hydrogen-bond acceptors (Lipinski definition) is 5. The lowest BCUT2D eigenvalue weighted by atomic mass is 10.1. The Morgan fingerprint density at radius 3 is 2.69 bits per heavy atom. The van der Waals surface area contributed by atoms with Gasteiger partial charge in [0, 0.05) is 30.0 Å². The maximum Gasteiger partial charge on any atom is 0.141 e. The van der Waals surface area contributed by atoms with E-state index in [1.165, 1.54) is 18.5 Å². The molecule has 1 aromatic heterocycles. The number of nitrogens with one attached hydrogen (secondary N) is 1. The molecule has 2 aliphatic heterocycles. The first-order valence-corrected chi connectivity index (χ1v) is 10.2. The molecule has 150 valence electrons. The van der Waals surface area contributed by atoms with Crippen LogP contribution in [-0.2, 0) is 4.74 Å². The standard InChI is InChI=1S/C22H21ClFN3O2/c1-12-6-17-20(10-21(12)29-16-8-14-3-4-15(9-16)28-14)25-11-26-22(17)27-13-2-5-19(24)18(23)7-13/h2,5-7,10-11,14-16H,3-4,8-9H2,1H3,(H,25,26,27). The number of benzene rings is 2. The van der Waals surface area contributed by atoms with Crippen molar-refractivity contribution in [3.05, 3.63) is 53.1 Å². The number of anilines is 2. The van der Waals surface area contributed by atoms with Crippen LogP contribution >= 0.6 is 11.6 Å². The van der Waals surface area contributed by atoms with Gasteiger partial charge >= 0.3 is 0 Å². The van der Waals surface area contributed by atoms with Gasteiger partial charge in [-0.3, -0.25) is 0 Å². The molecule has 1 N–H and O–H groups in total. The van der Waals surface area contributed by atoms with Crippen molar-refractivity contribution in [2.45, 2.75) is 50.9 Å². The van der Waals surface area contributed by atoms with Crippen molar-refractivity contribution in [1.82, 2.24) is 9.97 Å². The maximum absolute atomic E-state index is 13.4. The summed E-state index contributed by atoms with van der Waals surface area (Å²) in [7, 11) is 0. The average Bonchev–Trinajstić information content (AvgIpc) is 3.04. The van der Waals surface area contributed by atoms with Gasteiger partial charge in [0.2, 0.25) is 0 Å². The van der Waals surface area contributed by atoms with Crippen LogP contribution in [0, 0.1) is 12.7 Å². The first-order valence-electron chi connectivity index (χ1n) is 9.85. The van der Waals surface area contributed by atoms with Crippen LogP contribution in [0.3, 0.4) is 0 Å². The molecule has 3 aromatic rings. The molecule has 7 heteroatoms. The largest absolute Gasteiger partial charge is 0.490 e. The molecule has 2 fully saturated rings. The predicted octanol–water partition coefficient (Wildman–Crippen LogP) is 5.56. The van der Waals surface area contributed by atoms with E-state index in [2.05, 4.69) is 15.3 Å². The molecule has 0 aliphatic carbocycles. The SMILES string of the molecule is Cc1cc2c(Nc3ccc(F)c(Cl)c3)ncnc2cc1OC1CC2CCC(C1)O2. The van der Waals surface area contributed by atoms with Crippen LogP contribution in [0.15, 0.2) is 36.7 Å². The molecular formula is C22H21ClFN3O2. The lowest BCUT2D eigenvalue weighted by Gasteiger charge is -2.29. The fourth-order valence-electron chi connectivity index (χ4n) is 4.21. The number of aromatic nitrogens is 2. The highest BCUT2D eigenvalue weighted by Gasteiger charge is 2.36. The Labute approximate surface area is 173 Å². The van der Waals surface area contributed by atoms with Crippen molar-refractivity contribution in [2.24, 2.45) is 0 Å². The molecule has 0 amide bonds. The Balaban J connectivity index is 1.42. The molecule has 2 aliphatic rings. The smallest absolute Gasteiger partial charge is 0.141 e. The molecule has 3 heterocycles. The number of halogens is 2. The molecule has 2 aromatic carbocycles. The first kappa shape index (κ1) is 18.6. The topological polar surface area (TPSA) is 56.3 Å². The zero-order valence-electron chi connectivity index (χ0n) is 16.0. The second kappa shape index (κ2) is 7.43. The van der Waals surface area contributed by atoms with Crippen LogP contribution in [0.1, 0.15) is 31.2 Å². The van der Waals surface area contributed by atoms with Gasteiger partial charge in [-0.1, -0.05) is 11.6 Å². The molecule has 2 unspecified atom stereocenters. The van der Waals surface area contributed by atoms with E-state index in [-0.39, 0.29) is 11.1 Å². The molecule has 29 heavy (non-hydrogen) atoms. The van der Waals surface area contributed by atoms with Gasteiger partial charge in [0.1, 0.15) is 29.8 Å². The molecule has 5 rings (SSSR count). The van der Waals surface area contributed by atoms with E-state index in [9.17, 15) is 4.39 Å². The summed E-state index contributed by atoms with van der Waals surface area (Å²) in [5.74, 6) is 1.03. The molecule has 2 saturated heterocycles. The summed E-state index contributed by atoms with van der Waals surface area (Å²) in [5.41, 5.74) is 2.46. The van der Waals surface area contributed by atoms with Gasteiger partial charge < -0.3 is 14.8 Å². The summed E-state index contributed by atoms with van der Waals surface area (Å²) in [6.45, 7) is 2.02. The van der Waals surface area contributed by atoms with E-state index in [0.29, 0.717) is 23.7 Å². The highest BCUT2D eigenvalue weighted by molar-refractivity contribution is 6.31. The quantitative estimate of drug-likeness (QED) is 0.606. The van der Waals surface area contributed by atoms with E-state index in [1.807, 2.05) is 19.1 Å². The van der Waals surface area contributed by atoms with Crippen molar-refractivity contribution < 1.29 is 13.9 Å². The molecule has 2 bridgehead atoms. The molecular weight excluding hydrogens is 393 g/mol. The van der Waals surface area contributed by atoms with Crippen LogP contribution in [0.5, 0.6) is 5.75 Å². The average molecular weight is 414 g/mol. The summed E-state index contributed by atoms with van der Waals surface area (Å²) < 4.78 is 25.7. The van der Waals surface area contributed by atoms with Crippen LogP contribution in [-0.4, -0.2) is 28.3 Å². The van der Waals surface area contributed by atoms with Crippen molar-refractivity contribution in [3.8, 4) is 5.75 Å². The normalized spacial score (nSPS) is 23.3. The van der Waals surface area contributed by atoms with Gasteiger partial charge in [-0.2, -0.15) is 0 Å². The lowest BCUT2D eigenvalue weighted by molar-refractivity contribution is -0.0440. The summed E-state index contributed by atoms with van der Waals surface area (Å²) in [6, 6.07) is 8.47. The zero-order chi connectivity index (χ0) is 20.0. The second-order valence-corrected chi connectivity index (χ2v) is 8.19. The molecule has 2 atom stereocenters. The fourth-order valence-corrected chi connectivity index (χ4v) is 4.40. The van der Waals surface area contributed by atoms with Crippen LogP contribution in [0.2, 0.25) is 5.02 Å². The summed E-state index contributed by atoms with van der Waals surface area (Å²) in [5, 5.41) is 4.13. The summed E-state index contributed by atoms with van der Waals surface area (Å²) in [4.78, 5) is 8.76. The van der Waals surface area contributed by atoms with Crippen molar-refractivity contribution in [3.63, 3.8) is 0 Å². The lowest BCUT2D eigenvalue weighted by Crippen LogP contribution is -2.32. The predicted molar refractivity (Wildman–Crippen MR) is 111 cm³/mol. The number of ether oxygens (including phenoxy) is 2. The number of rotatable bonds is 4. The molecule has 0 radical (unpaired) electrons. The minimum atomic E-state index is -0.455. The Morgan fingerprint density at radius 1 is 1.14 bits per heavy atom. The molecule has 0 saturated carbocycles. The van der Waals surface area contributed by atoms with Gasteiger partial charge in [0.25, 0.3) is 0 Å². The summed E-state index contributed by atoms with van der Waals surface area (Å²) >= 11 is 5.89. The van der Waals surface area contributed by atoms with Crippen LogP contribution in [0.25, 0.3) is 10.9 Å². The Kier molecular flexibility index (Phi) is 4.76. The van der Waals surface area contributed by atoms with Crippen molar-refractivity contribution >= 4 is 34.0 Å². The number of nitrogens with zero attached hydrogens (tertiary/aromatic N) is 2. The van der Waals surface area contributed by atoms with Crippen LogP contribution < -0.4 is 10.1 Å². The zero-order valence-corrected chi connectivity index (χ0v) is 16.7. The van der Waals surface area contributed by atoms with Crippen molar-refractivity contribution in [1.29, 1.82) is 0 Å². The fraction of sp³-hybridized carbons (Fsp3) is 0.364. The number of fused-ring (bicyclic) bond motifs is 3. The van der Waals surface area contributed by atoms with Gasteiger partial charge in [-0.05, 0) is 49.6 Å². The summed E-state index contributed by atoms with van der Waals surface area (Å²) in [6.07, 6.45) is 6.50. The first-order chi connectivity index (χ1) is 14.0.